The summed E-state index contributed by atoms with van der Waals surface area (Å²) in [6.07, 6.45) is 4.01. The second-order valence-electron chi connectivity index (χ2n) is 5.84. The molecular weight excluding hydrogens is 278 g/mol. The molecule has 1 aliphatic heterocycles. The molecule has 0 N–H and O–H groups in total. The molecule has 116 valence electrons. The van der Waals surface area contributed by atoms with Gasteiger partial charge < -0.3 is 9.64 Å². The summed E-state index contributed by atoms with van der Waals surface area (Å²) in [6.45, 7) is 3.26. The average Bonchev–Trinajstić information content (AvgIpc) is 2.92. The summed E-state index contributed by atoms with van der Waals surface area (Å²) in [6, 6.07) is 10.1. The highest BCUT2D eigenvalue weighted by atomic mass is 16.5. The highest BCUT2D eigenvalue weighted by Gasteiger charge is 2.29. The van der Waals surface area contributed by atoms with E-state index in [1.165, 1.54) is 0 Å². The van der Waals surface area contributed by atoms with E-state index in [1.54, 1.807) is 10.9 Å². The Morgan fingerprint density at radius 1 is 1.32 bits per heavy atom. The third-order valence-corrected chi connectivity index (χ3v) is 3.90. The fourth-order valence-corrected chi connectivity index (χ4v) is 2.86. The number of nitrogens with zero attached hydrogens (tertiary/aromatic N) is 3. The smallest absolute Gasteiger partial charge is 0.227 e. The van der Waals surface area contributed by atoms with Crippen molar-refractivity contribution in [3.8, 4) is 0 Å². The third-order valence-electron chi connectivity index (χ3n) is 3.90. The first kappa shape index (κ1) is 14.8. The van der Waals surface area contributed by atoms with E-state index < -0.39 is 0 Å². The third kappa shape index (κ3) is 3.36. The summed E-state index contributed by atoms with van der Waals surface area (Å²) in [5.74, 6) is 0.129. The zero-order valence-electron chi connectivity index (χ0n) is 13.0. The number of morpholine rings is 1. The molecule has 1 saturated heterocycles. The van der Waals surface area contributed by atoms with Crippen molar-refractivity contribution in [1.82, 2.24) is 14.7 Å². The van der Waals surface area contributed by atoms with Gasteiger partial charge in [-0.25, -0.2) is 0 Å². The summed E-state index contributed by atoms with van der Waals surface area (Å²) in [7, 11) is 1.86. The molecule has 1 fully saturated rings. The number of ether oxygens (including phenoxy) is 1. The molecule has 1 aromatic heterocycles. The quantitative estimate of drug-likeness (QED) is 0.870. The van der Waals surface area contributed by atoms with Crippen LogP contribution in [0.5, 0.6) is 0 Å². The molecule has 2 aromatic rings. The van der Waals surface area contributed by atoms with Crippen molar-refractivity contribution in [3.05, 3.63) is 53.9 Å². The van der Waals surface area contributed by atoms with Crippen LogP contribution < -0.4 is 0 Å². The second-order valence-corrected chi connectivity index (χ2v) is 5.84. The van der Waals surface area contributed by atoms with E-state index in [1.807, 2.05) is 55.4 Å². The number of hydrogen-bond acceptors (Lipinski definition) is 3. The number of rotatable bonds is 3. The molecule has 5 nitrogen and oxygen atoms in total. The predicted molar refractivity (Wildman–Crippen MR) is 83.2 cm³/mol. The Hall–Kier alpha value is -2.14. The fraction of sp³-hybridized carbons (Fsp3) is 0.412. The predicted octanol–water partition coefficient (Wildman–Crippen LogP) is 1.95. The minimum Gasteiger partial charge on any atom is -0.367 e. The summed E-state index contributed by atoms with van der Waals surface area (Å²) in [5, 5.41) is 4.11. The molecule has 5 heteroatoms. The number of carbonyl (C=O) groups is 1. The van der Waals surface area contributed by atoms with Crippen LogP contribution in [0, 0.1) is 0 Å². The lowest BCUT2D eigenvalue weighted by atomic mass is 10.1. The summed E-state index contributed by atoms with van der Waals surface area (Å²) in [4.78, 5) is 14.4. The molecule has 2 heterocycles. The van der Waals surface area contributed by atoms with Gasteiger partial charge in [-0.3, -0.25) is 9.48 Å². The topological polar surface area (TPSA) is 47.4 Å². The SMILES string of the molecule is CC1CN(C(=O)Cc2cnn(C)c2)CC(c2ccccc2)O1. The highest BCUT2D eigenvalue weighted by Crippen LogP contribution is 2.25. The van der Waals surface area contributed by atoms with Crippen LogP contribution in [0.15, 0.2) is 42.7 Å². The lowest BCUT2D eigenvalue weighted by Crippen LogP contribution is -2.46. The summed E-state index contributed by atoms with van der Waals surface area (Å²) < 4.78 is 7.72. The number of aryl methyl sites for hydroxylation is 1. The van der Waals surface area contributed by atoms with E-state index in [-0.39, 0.29) is 18.1 Å². The minimum absolute atomic E-state index is 0.0387. The van der Waals surface area contributed by atoms with E-state index in [4.69, 9.17) is 4.74 Å². The molecule has 0 saturated carbocycles. The van der Waals surface area contributed by atoms with Crippen molar-refractivity contribution < 1.29 is 9.53 Å². The standard InChI is InChI=1S/C17H21N3O2/c1-13-10-20(17(21)8-14-9-18-19(2)11-14)12-16(22-13)15-6-4-3-5-7-15/h3-7,9,11,13,16H,8,10,12H2,1-2H3. The van der Waals surface area contributed by atoms with Gasteiger partial charge in [0.15, 0.2) is 0 Å². The number of aromatic nitrogens is 2. The molecule has 0 radical (unpaired) electrons. The Labute approximate surface area is 130 Å². The molecule has 0 aliphatic carbocycles. The molecule has 2 unspecified atom stereocenters. The number of carbonyl (C=O) groups excluding carboxylic acids is 1. The molecular formula is C17H21N3O2. The van der Waals surface area contributed by atoms with E-state index in [2.05, 4.69) is 5.10 Å². The van der Waals surface area contributed by atoms with Gasteiger partial charge in [0.25, 0.3) is 0 Å². The van der Waals surface area contributed by atoms with Gasteiger partial charge in [-0.15, -0.1) is 0 Å². The molecule has 22 heavy (non-hydrogen) atoms. The first-order valence-electron chi connectivity index (χ1n) is 7.57. The van der Waals surface area contributed by atoms with Crippen LogP contribution in [0.3, 0.4) is 0 Å². The number of amides is 1. The average molecular weight is 299 g/mol. The monoisotopic (exact) mass is 299 g/mol. The van der Waals surface area contributed by atoms with Crippen molar-refractivity contribution >= 4 is 5.91 Å². The maximum Gasteiger partial charge on any atom is 0.227 e. The van der Waals surface area contributed by atoms with Crippen LogP contribution in [0.2, 0.25) is 0 Å². The van der Waals surface area contributed by atoms with Crippen molar-refractivity contribution in [1.29, 1.82) is 0 Å². The Morgan fingerprint density at radius 3 is 2.77 bits per heavy atom. The molecule has 1 amide bonds. The maximum atomic E-state index is 12.5. The lowest BCUT2D eigenvalue weighted by Gasteiger charge is -2.37. The van der Waals surface area contributed by atoms with Gasteiger partial charge in [0.05, 0.1) is 25.3 Å². The van der Waals surface area contributed by atoms with Crippen LogP contribution in [0.1, 0.15) is 24.2 Å². The Morgan fingerprint density at radius 2 is 2.09 bits per heavy atom. The van der Waals surface area contributed by atoms with Gasteiger partial charge in [-0.2, -0.15) is 5.10 Å². The van der Waals surface area contributed by atoms with Gasteiger partial charge in [0.2, 0.25) is 5.91 Å². The first-order valence-corrected chi connectivity index (χ1v) is 7.57. The van der Waals surface area contributed by atoms with Gasteiger partial charge in [-0.1, -0.05) is 30.3 Å². The van der Waals surface area contributed by atoms with E-state index in [9.17, 15) is 4.79 Å². The van der Waals surface area contributed by atoms with Crippen LogP contribution in [-0.2, 0) is 23.0 Å². The highest BCUT2D eigenvalue weighted by molar-refractivity contribution is 5.78. The Balaban J connectivity index is 1.69. The van der Waals surface area contributed by atoms with Crippen LogP contribution in [0.25, 0.3) is 0 Å². The maximum absolute atomic E-state index is 12.5. The van der Waals surface area contributed by atoms with Crippen molar-refractivity contribution in [2.75, 3.05) is 13.1 Å². The van der Waals surface area contributed by atoms with Crippen LogP contribution in [-0.4, -0.2) is 39.8 Å². The zero-order valence-corrected chi connectivity index (χ0v) is 13.0. The molecule has 0 spiro atoms. The second kappa shape index (κ2) is 6.32. The molecule has 2 atom stereocenters. The zero-order chi connectivity index (χ0) is 15.5. The fourth-order valence-electron chi connectivity index (χ4n) is 2.86. The minimum atomic E-state index is -0.0530. The molecule has 1 aliphatic rings. The molecule has 0 bridgehead atoms. The Bertz CT molecular complexity index is 638. The van der Waals surface area contributed by atoms with Crippen LogP contribution >= 0.6 is 0 Å². The lowest BCUT2D eigenvalue weighted by molar-refractivity contribution is -0.144. The van der Waals surface area contributed by atoms with E-state index >= 15 is 0 Å². The number of benzene rings is 1. The normalized spacial score (nSPS) is 21.8. The van der Waals surface area contributed by atoms with Gasteiger partial charge in [-0.05, 0) is 18.1 Å². The summed E-state index contributed by atoms with van der Waals surface area (Å²) in [5.41, 5.74) is 2.07. The summed E-state index contributed by atoms with van der Waals surface area (Å²) >= 11 is 0. The van der Waals surface area contributed by atoms with Crippen LogP contribution in [0.4, 0.5) is 0 Å². The molecule has 3 rings (SSSR count). The van der Waals surface area contributed by atoms with Gasteiger partial charge >= 0.3 is 0 Å². The van der Waals surface area contributed by atoms with E-state index in [0.29, 0.717) is 19.5 Å². The first-order chi connectivity index (χ1) is 10.6. The van der Waals surface area contributed by atoms with Crippen molar-refractivity contribution in [2.24, 2.45) is 7.05 Å². The number of hydrogen-bond donors (Lipinski definition) is 0. The molecule has 1 aromatic carbocycles. The van der Waals surface area contributed by atoms with Crippen molar-refractivity contribution in [2.45, 2.75) is 25.6 Å². The van der Waals surface area contributed by atoms with Crippen molar-refractivity contribution in [3.63, 3.8) is 0 Å². The van der Waals surface area contributed by atoms with Gasteiger partial charge in [0.1, 0.15) is 6.10 Å². The van der Waals surface area contributed by atoms with Gasteiger partial charge in [0, 0.05) is 19.8 Å². The largest absolute Gasteiger partial charge is 0.367 e. The van der Waals surface area contributed by atoms with E-state index in [0.717, 1.165) is 11.1 Å². The Kier molecular flexibility index (Phi) is 4.24.